The third kappa shape index (κ3) is 9.49. The number of nitrogens with zero attached hydrogens (tertiary/aromatic N) is 1. The van der Waals surface area contributed by atoms with Gasteiger partial charge < -0.3 is 38.8 Å². The number of nitrogens with one attached hydrogen (secondary N) is 2. The summed E-state index contributed by atoms with van der Waals surface area (Å²) >= 11 is 0. The van der Waals surface area contributed by atoms with Crippen molar-refractivity contribution < 1.29 is 55.2 Å². The van der Waals surface area contributed by atoms with Gasteiger partial charge in [-0.05, 0) is 48.6 Å². The van der Waals surface area contributed by atoms with Crippen LogP contribution in [0.25, 0.3) is 0 Å². The summed E-state index contributed by atoms with van der Waals surface area (Å²) in [5.74, 6) is 1.07. The third-order valence-corrected chi connectivity index (χ3v) is 10.6. The van der Waals surface area contributed by atoms with Crippen LogP contribution >= 0.6 is 0 Å². The summed E-state index contributed by atoms with van der Waals surface area (Å²) in [4.78, 5) is 13.2. The van der Waals surface area contributed by atoms with Gasteiger partial charge in [0.05, 0.1) is 42.4 Å². The fourth-order valence-corrected chi connectivity index (χ4v) is 7.82. The summed E-state index contributed by atoms with van der Waals surface area (Å²) in [5.41, 5.74) is 0.712. The first-order valence-electron chi connectivity index (χ1n) is 15.7. The first-order chi connectivity index (χ1) is 22.8. The van der Waals surface area contributed by atoms with E-state index in [0.717, 1.165) is 6.26 Å². The van der Waals surface area contributed by atoms with Crippen molar-refractivity contribution in [3.8, 4) is 17.2 Å². The van der Waals surface area contributed by atoms with Crippen molar-refractivity contribution in [2.24, 2.45) is 11.8 Å². The van der Waals surface area contributed by atoms with Crippen molar-refractivity contribution >= 4 is 26.1 Å². The van der Waals surface area contributed by atoms with Crippen molar-refractivity contribution in [2.75, 3.05) is 52.5 Å². The number of benzene rings is 2. The van der Waals surface area contributed by atoms with E-state index < -0.39 is 50.7 Å². The molecule has 3 aliphatic heterocycles. The van der Waals surface area contributed by atoms with Crippen molar-refractivity contribution in [1.82, 2.24) is 14.3 Å². The predicted molar refractivity (Wildman–Crippen MR) is 172 cm³/mol. The van der Waals surface area contributed by atoms with Gasteiger partial charge in [0.25, 0.3) is 0 Å². The Bertz CT molecular complexity index is 1620. The maximum absolute atomic E-state index is 13.9. The lowest BCUT2D eigenvalue weighted by atomic mass is 10.0. The summed E-state index contributed by atoms with van der Waals surface area (Å²) in [6.07, 6.45) is -1.18. The molecule has 2 saturated heterocycles. The highest BCUT2D eigenvalue weighted by molar-refractivity contribution is 7.89. The molecule has 5 rings (SSSR count). The Morgan fingerprint density at radius 3 is 2.52 bits per heavy atom. The fourth-order valence-electron chi connectivity index (χ4n) is 5.73. The molecule has 0 radical (unpaired) electrons. The zero-order chi connectivity index (χ0) is 34.5. The van der Waals surface area contributed by atoms with Gasteiger partial charge in [0, 0.05) is 25.7 Å². The Kier molecular flexibility index (Phi) is 11.7. The second kappa shape index (κ2) is 15.6. The largest absolute Gasteiger partial charge is 0.492 e. The topological polar surface area (TPSA) is 188 Å². The fraction of sp³-hybridized carbons (Fsp3) is 0.581. The lowest BCUT2D eigenvalue weighted by Crippen LogP contribution is -2.51. The number of alkyl carbamates (subject to hydrolysis) is 1. The highest BCUT2D eigenvalue weighted by Gasteiger charge is 2.44. The van der Waals surface area contributed by atoms with Gasteiger partial charge in [-0.2, -0.15) is 4.31 Å². The van der Waals surface area contributed by atoms with Crippen LogP contribution in [0, 0.1) is 11.8 Å². The molecule has 2 aromatic carbocycles. The van der Waals surface area contributed by atoms with E-state index in [-0.39, 0.29) is 62.8 Å². The molecule has 0 aromatic heterocycles. The predicted octanol–water partition coefficient (Wildman–Crippen LogP) is 1.45. The first kappa shape index (κ1) is 36.1. The van der Waals surface area contributed by atoms with Gasteiger partial charge in [-0.25, -0.2) is 26.4 Å². The molecule has 0 saturated carbocycles. The van der Waals surface area contributed by atoms with Crippen LogP contribution in [-0.4, -0.2) is 109 Å². The van der Waals surface area contributed by atoms with Crippen LogP contribution in [-0.2, 0) is 40.7 Å². The van der Waals surface area contributed by atoms with Crippen molar-refractivity contribution in [1.29, 1.82) is 0 Å². The van der Waals surface area contributed by atoms with Crippen LogP contribution in [0.5, 0.6) is 17.2 Å². The van der Waals surface area contributed by atoms with Crippen LogP contribution in [0.15, 0.2) is 47.4 Å². The standard InChI is InChI=1S/C31H43N3O12S2/c1-20(2)16-34(48(39,40)23-8-9-27-28(15-23)45-19-44-27)17-26(35)25(33-31(36)46-29-18-43-30-24(29)10-12-42-30)14-21-4-6-22(7-5-21)41-13-11-32-47(3,37)38/h4-9,15,20,24-26,29-30,32,35H,10-14,16-19H2,1-3H3,(H,33,36)/t24-,25-,26+,29+,30+/m0/s1. The average Bonchev–Trinajstić information content (AvgIpc) is 3.77. The Morgan fingerprint density at radius 1 is 1.04 bits per heavy atom. The number of fused-ring (bicyclic) bond motifs is 2. The van der Waals surface area contributed by atoms with E-state index in [2.05, 4.69) is 10.0 Å². The first-order valence-corrected chi connectivity index (χ1v) is 19.1. The molecule has 1 amide bonds. The summed E-state index contributed by atoms with van der Waals surface area (Å²) in [7, 11) is -7.43. The molecule has 2 fully saturated rings. The van der Waals surface area contributed by atoms with Crippen molar-refractivity contribution in [3.05, 3.63) is 48.0 Å². The van der Waals surface area contributed by atoms with E-state index in [9.17, 15) is 26.7 Å². The molecule has 2 aromatic rings. The van der Waals surface area contributed by atoms with Crippen molar-refractivity contribution in [2.45, 2.75) is 56.1 Å². The summed E-state index contributed by atoms with van der Waals surface area (Å²) in [6, 6.07) is 10.3. The average molecular weight is 714 g/mol. The second-order valence-electron chi connectivity index (χ2n) is 12.4. The summed E-state index contributed by atoms with van der Waals surface area (Å²) < 4.78 is 86.9. The molecular weight excluding hydrogens is 670 g/mol. The molecule has 15 nitrogen and oxygen atoms in total. The minimum absolute atomic E-state index is 0.00832. The Hall–Kier alpha value is -3.19. The number of carbonyl (C=O) groups is 1. The van der Waals surface area contributed by atoms with E-state index in [1.165, 1.54) is 22.5 Å². The SMILES string of the molecule is CC(C)CN(C[C@@H](O)[C@H](Cc1ccc(OCCNS(C)(=O)=O)cc1)NC(=O)O[C@@H]1CO[C@H]2OCC[C@H]21)S(=O)(=O)c1ccc2c(c1)OCO2. The molecule has 17 heteroatoms. The number of hydrogen-bond acceptors (Lipinski definition) is 12. The Labute approximate surface area is 280 Å². The van der Waals surface area contributed by atoms with Crippen LogP contribution < -0.4 is 24.2 Å². The monoisotopic (exact) mass is 713 g/mol. The van der Waals surface area contributed by atoms with Crippen LogP contribution in [0.1, 0.15) is 25.8 Å². The lowest BCUT2D eigenvalue weighted by Gasteiger charge is -2.31. The van der Waals surface area contributed by atoms with E-state index in [4.69, 9.17) is 28.4 Å². The molecule has 3 N–H and O–H groups in total. The molecule has 0 spiro atoms. The van der Waals surface area contributed by atoms with Crippen LogP contribution in [0.4, 0.5) is 4.79 Å². The van der Waals surface area contributed by atoms with E-state index >= 15 is 0 Å². The van der Waals surface area contributed by atoms with E-state index in [0.29, 0.717) is 35.8 Å². The number of ether oxygens (including phenoxy) is 6. The highest BCUT2D eigenvalue weighted by Crippen LogP contribution is 2.35. The van der Waals surface area contributed by atoms with Gasteiger partial charge in [0.2, 0.25) is 26.8 Å². The molecular formula is C31H43N3O12S2. The smallest absolute Gasteiger partial charge is 0.407 e. The molecule has 0 unspecified atom stereocenters. The maximum atomic E-state index is 13.9. The zero-order valence-electron chi connectivity index (χ0n) is 27.1. The Balaban J connectivity index is 1.31. The number of hydrogen-bond donors (Lipinski definition) is 3. The number of rotatable bonds is 16. The number of sulfonamides is 2. The Morgan fingerprint density at radius 2 is 1.79 bits per heavy atom. The minimum atomic E-state index is -4.10. The molecule has 266 valence electrons. The van der Waals surface area contributed by atoms with Crippen molar-refractivity contribution in [3.63, 3.8) is 0 Å². The minimum Gasteiger partial charge on any atom is -0.492 e. The van der Waals surface area contributed by atoms with Gasteiger partial charge in [-0.3, -0.25) is 0 Å². The maximum Gasteiger partial charge on any atom is 0.407 e. The summed E-state index contributed by atoms with van der Waals surface area (Å²) in [5, 5.41) is 14.4. The van der Waals surface area contributed by atoms with E-state index in [1.54, 1.807) is 24.3 Å². The van der Waals surface area contributed by atoms with Gasteiger partial charge in [0.1, 0.15) is 18.5 Å². The van der Waals surface area contributed by atoms with Gasteiger partial charge in [-0.15, -0.1) is 0 Å². The van der Waals surface area contributed by atoms with Crippen LogP contribution in [0.3, 0.4) is 0 Å². The molecule has 0 bridgehead atoms. The van der Waals surface area contributed by atoms with E-state index in [1.807, 2.05) is 13.8 Å². The molecule has 3 aliphatic rings. The quantitative estimate of drug-likeness (QED) is 0.213. The third-order valence-electron chi connectivity index (χ3n) is 8.07. The number of aliphatic hydroxyl groups excluding tert-OH is 1. The molecule has 3 heterocycles. The zero-order valence-corrected chi connectivity index (χ0v) is 28.7. The molecule has 0 aliphatic carbocycles. The lowest BCUT2D eigenvalue weighted by molar-refractivity contribution is -0.0907. The molecule has 5 atom stereocenters. The molecule has 48 heavy (non-hydrogen) atoms. The second-order valence-corrected chi connectivity index (χ2v) is 16.2. The van der Waals surface area contributed by atoms with Gasteiger partial charge in [-0.1, -0.05) is 26.0 Å². The van der Waals surface area contributed by atoms with Gasteiger partial charge in [0.15, 0.2) is 17.8 Å². The van der Waals surface area contributed by atoms with Crippen LogP contribution in [0.2, 0.25) is 0 Å². The highest BCUT2D eigenvalue weighted by atomic mass is 32.2. The summed E-state index contributed by atoms with van der Waals surface area (Å²) in [6.45, 7) is 4.42. The number of carbonyl (C=O) groups excluding carboxylic acids is 1. The number of aliphatic hydroxyl groups is 1. The normalized spacial score (nSPS) is 21.7. The van der Waals surface area contributed by atoms with Gasteiger partial charge >= 0.3 is 6.09 Å². The number of amides is 1.